The van der Waals surface area contributed by atoms with Crippen molar-refractivity contribution in [3.8, 4) is 5.75 Å². The number of ketones is 5. The molecule has 4 rings (SSSR count). The Labute approximate surface area is 217 Å². The third-order valence-electron chi connectivity index (χ3n) is 9.27. The van der Waals surface area contributed by atoms with Crippen LogP contribution >= 0.6 is 0 Å². The van der Waals surface area contributed by atoms with Crippen molar-refractivity contribution < 1.29 is 34.2 Å². The second kappa shape index (κ2) is 8.55. The zero-order valence-electron chi connectivity index (χ0n) is 22.4. The predicted molar refractivity (Wildman–Crippen MR) is 136 cm³/mol. The van der Waals surface area contributed by atoms with Crippen molar-refractivity contribution >= 4 is 28.9 Å². The number of Topliss-reactive ketones (excluding diaryl/α,β-unsaturated/α-hetero) is 5. The molecule has 0 spiro atoms. The van der Waals surface area contributed by atoms with Crippen molar-refractivity contribution in [2.75, 3.05) is 0 Å². The summed E-state index contributed by atoms with van der Waals surface area (Å²) in [4.78, 5) is 67.7. The SMILES string of the molecule is C=C(CC)Cc1ccc2c(c1O)C(=O)C1C(=O)[C@@]3(O)C(=O)C(C(C)=O)C(=O)C(C(C)C)[C@@]3(C)C[C@@]1(C)C2. The Morgan fingerprint density at radius 2 is 1.76 bits per heavy atom. The summed E-state index contributed by atoms with van der Waals surface area (Å²) in [6.07, 6.45) is 1.38. The molecule has 198 valence electrons. The van der Waals surface area contributed by atoms with E-state index >= 15 is 0 Å². The molecular weight excluding hydrogens is 472 g/mol. The van der Waals surface area contributed by atoms with Crippen LogP contribution in [0.25, 0.3) is 0 Å². The van der Waals surface area contributed by atoms with E-state index in [0.717, 1.165) is 12.5 Å². The van der Waals surface area contributed by atoms with Crippen molar-refractivity contribution in [1.82, 2.24) is 0 Å². The van der Waals surface area contributed by atoms with E-state index in [-0.39, 0.29) is 30.1 Å². The van der Waals surface area contributed by atoms with Gasteiger partial charge >= 0.3 is 0 Å². The summed E-state index contributed by atoms with van der Waals surface area (Å²) in [6, 6.07) is 3.54. The van der Waals surface area contributed by atoms with Gasteiger partial charge in [0, 0.05) is 11.3 Å². The molecule has 0 bridgehead atoms. The van der Waals surface area contributed by atoms with Crippen LogP contribution in [0.15, 0.2) is 24.3 Å². The van der Waals surface area contributed by atoms with Gasteiger partial charge < -0.3 is 10.2 Å². The average molecular weight is 509 g/mol. The summed E-state index contributed by atoms with van der Waals surface area (Å²) in [5.74, 6) is -8.70. The van der Waals surface area contributed by atoms with Crippen molar-refractivity contribution in [2.24, 2.45) is 34.5 Å². The lowest BCUT2D eigenvalue weighted by molar-refractivity contribution is -0.205. The topological polar surface area (TPSA) is 126 Å². The molecule has 0 saturated heterocycles. The fraction of sp³-hybridized carbons (Fsp3) is 0.567. The maximum Gasteiger partial charge on any atom is 0.190 e. The molecule has 0 amide bonds. The number of carbonyl (C=O) groups excluding carboxylic acids is 5. The monoisotopic (exact) mass is 508 g/mol. The summed E-state index contributed by atoms with van der Waals surface area (Å²) in [5.41, 5.74) is -3.16. The molecule has 6 atom stereocenters. The first-order valence-corrected chi connectivity index (χ1v) is 13.0. The zero-order chi connectivity index (χ0) is 27.8. The zero-order valence-corrected chi connectivity index (χ0v) is 22.4. The van der Waals surface area contributed by atoms with E-state index in [4.69, 9.17) is 0 Å². The number of aliphatic hydroxyl groups is 1. The second-order valence-electron chi connectivity index (χ2n) is 12.2. The fourth-order valence-corrected chi connectivity index (χ4v) is 7.71. The Morgan fingerprint density at radius 1 is 1.14 bits per heavy atom. The molecule has 0 radical (unpaired) electrons. The first-order chi connectivity index (χ1) is 17.1. The van der Waals surface area contributed by atoms with Gasteiger partial charge in [-0.05, 0) is 55.1 Å². The number of aromatic hydroxyl groups is 1. The molecule has 7 nitrogen and oxygen atoms in total. The van der Waals surface area contributed by atoms with Gasteiger partial charge in [0.25, 0.3) is 0 Å². The molecule has 1 aromatic rings. The normalized spacial score (nSPS) is 35.2. The predicted octanol–water partition coefficient (Wildman–Crippen LogP) is 3.60. The van der Waals surface area contributed by atoms with Crippen molar-refractivity contribution in [3.05, 3.63) is 41.0 Å². The van der Waals surface area contributed by atoms with Crippen LogP contribution in [-0.2, 0) is 32.0 Å². The van der Waals surface area contributed by atoms with Gasteiger partial charge in [0.1, 0.15) is 17.5 Å². The lowest BCUT2D eigenvalue weighted by Gasteiger charge is -2.61. The van der Waals surface area contributed by atoms with Crippen LogP contribution < -0.4 is 0 Å². The molecule has 2 N–H and O–H groups in total. The number of hydrogen-bond donors (Lipinski definition) is 2. The van der Waals surface area contributed by atoms with Gasteiger partial charge in [-0.15, -0.1) is 0 Å². The summed E-state index contributed by atoms with van der Waals surface area (Å²) in [6.45, 7) is 13.9. The lowest BCUT2D eigenvalue weighted by Crippen LogP contribution is -2.76. The van der Waals surface area contributed by atoms with Crippen LogP contribution in [-0.4, -0.2) is 44.7 Å². The summed E-state index contributed by atoms with van der Waals surface area (Å²) in [5, 5.41) is 23.1. The molecule has 3 unspecified atom stereocenters. The van der Waals surface area contributed by atoms with Crippen molar-refractivity contribution in [1.29, 1.82) is 0 Å². The van der Waals surface area contributed by atoms with E-state index < -0.39 is 63.1 Å². The van der Waals surface area contributed by atoms with Crippen LogP contribution in [0.5, 0.6) is 5.75 Å². The molecule has 3 aliphatic carbocycles. The minimum absolute atomic E-state index is 0.0345. The smallest absolute Gasteiger partial charge is 0.190 e. The molecule has 1 aromatic carbocycles. The second-order valence-corrected chi connectivity index (χ2v) is 12.2. The number of benzene rings is 1. The lowest BCUT2D eigenvalue weighted by atomic mass is 9.40. The summed E-state index contributed by atoms with van der Waals surface area (Å²) in [7, 11) is 0. The Balaban J connectivity index is 1.92. The number of hydrogen-bond acceptors (Lipinski definition) is 7. The Morgan fingerprint density at radius 3 is 2.30 bits per heavy atom. The average Bonchev–Trinajstić information content (AvgIpc) is 2.77. The van der Waals surface area contributed by atoms with Gasteiger partial charge in [-0.25, -0.2) is 0 Å². The molecule has 2 fully saturated rings. The molecule has 2 saturated carbocycles. The molecule has 37 heavy (non-hydrogen) atoms. The van der Waals surface area contributed by atoms with Crippen molar-refractivity contribution in [2.45, 2.75) is 72.8 Å². The van der Waals surface area contributed by atoms with Gasteiger partial charge in [-0.3, -0.25) is 24.0 Å². The van der Waals surface area contributed by atoms with Gasteiger partial charge in [0.2, 0.25) is 0 Å². The van der Waals surface area contributed by atoms with Crippen LogP contribution in [0.4, 0.5) is 0 Å². The van der Waals surface area contributed by atoms with Crippen molar-refractivity contribution in [3.63, 3.8) is 0 Å². The van der Waals surface area contributed by atoms with Gasteiger partial charge in [-0.1, -0.05) is 58.9 Å². The minimum atomic E-state index is -2.67. The fourth-order valence-electron chi connectivity index (χ4n) is 7.71. The third kappa shape index (κ3) is 3.46. The number of rotatable bonds is 5. The van der Waals surface area contributed by atoms with Gasteiger partial charge in [0.15, 0.2) is 28.7 Å². The van der Waals surface area contributed by atoms with E-state index in [1.54, 1.807) is 39.8 Å². The maximum atomic E-state index is 14.2. The highest BCUT2D eigenvalue weighted by Gasteiger charge is 2.76. The quantitative estimate of drug-likeness (QED) is 0.460. The molecule has 0 aliphatic heterocycles. The largest absolute Gasteiger partial charge is 0.507 e. The Kier molecular flexibility index (Phi) is 6.27. The van der Waals surface area contributed by atoms with E-state index in [0.29, 0.717) is 24.0 Å². The highest BCUT2D eigenvalue weighted by atomic mass is 16.3. The standard InChI is InChI=1S/C30H36O7/c1-8-15(4)11-17-9-10-18-12-28(6)13-29(7)21(14(2)3)24(33)19(16(5)31)26(35)30(29,37)27(36)22(28)25(34)20(18)23(17)32/h9-10,14,19,21-22,32,37H,4,8,11-13H2,1-3,5-7H3/t19?,21?,22?,28-,29-,30+/m1/s1. The molecule has 0 heterocycles. The van der Waals surface area contributed by atoms with E-state index in [1.165, 1.54) is 0 Å². The molecule has 7 heteroatoms. The molecular formula is C30H36O7. The van der Waals surface area contributed by atoms with Gasteiger partial charge in [-0.2, -0.15) is 0 Å². The maximum absolute atomic E-state index is 14.2. The Hall–Kier alpha value is -2.93. The van der Waals surface area contributed by atoms with Gasteiger partial charge in [0.05, 0.1) is 11.5 Å². The van der Waals surface area contributed by atoms with E-state index in [1.807, 2.05) is 6.92 Å². The first kappa shape index (κ1) is 27.1. The van der Waals surface area contributed by atoms with E-state index in [2.05, 4.69) is 6.58 Å². The highest BCUT2D eigenvalue weighted by molar-refractivity contribution is 6.32. The number of phenols is 1. The van der Waals surface area contributed by atoms with Crippen LogP contribution in [0, 0.1) is 34.5 Å². The third-order valence-corrected chi connectivity index (χ3v) is 9.27. The minimum Gasteiger partial charge on any atom is -0.507 e. The number of fused-ring (bicyclic) bond motifs is 3. The summed E-state index contributed by atoms with van der Waals surface area (Å²) < 4.78 is 0. The highest BCUT2D eigenvalue weighted by Crippen LogP contribution is 2.63. The number of allylic oxidation sites excluding steroid dienone is 1. The van der Waals surface area contributed by atoms with Crippen LogP contribution in [0.1, 0.15) is 75.9 Å². The first-order valence-electron chi connectivity index (χ1n) is 13.0. The number of carbonyl (C=O) groups is 5. The van der Waals surface area contributed by atoms with Crippen LogP contribution in [0.3, 0.4) is 0 Å². The summed E-state index contributed by atoms with van der Waals surface area (Å²) >= 11 is 0. The van der Waals surface area contributed by atoms with Crippen LogP contribution in [0.2, 0.25) is 0 Å². The molecule has 0 aromatic heterocycles. The number of phenolic OH excluding ortho intramolecular Hbond substituents is 1. The Bertz CT molecular complexity index is 1270. The van der Waals surface area contributed by atoms with E-state index in [9.17, 15) is 34.2 Å². The molecule has 3 aliphatic rings.